The van der Waals surface area contributed by atoms with Crippen LogP contribution in [0.25, 0.3) is 0 Å². The molecule has 0 fully saturated rings. The Bertz CT molecular complexity index is 765. The number of hydrogen-bond acceptors (Lipinski definition) is 3. The molecule has 1 N–H and O–H groups in total. The third-order valence-electron chi connectivity index (χ3n) is 3.51. The van der Waals surface area contributed by atoms with E-state index in [1.165, 1.54) is 12.1 Å². The Balaban J connectivity index is 2.17. The Morgan fingerprint density at radius 1 is 1.23 bits per heavy atom. The van der Waals surface area contributed by atoms with Crippen LogP contribution in [-0.4, -0.2) is 19.1 Å². The maximum Gasteiger partial charge on any atom is 0.255 e. The number of benzene rings is 2. The highest BCUT2D eigenvalue weighted by Gasteiger charge is 2.13. The molecule has 2 aromatic carbocycles. The van der Waals surface area contributed by atoms with Crippen LogP contribution in [0.4, 0.5) is 10.1 Å². The minimum Gasteiger partial charge on any atom is -0.494 e. The zero-order valence-electron chi connectivity index (χ0n) is 15.1. The van der Waals surface area contributed by atoms with E-state index in [9.17, 15) is 9.18 Å². The number of ether oxygens (including phenoxy) is 2. The zero-order chi connectivity index (χ0) is 19.1. The number of nitrogens with one attached hydrogen (secondary N) is 1. The molecule has 0 radical (unpaired) electrons. The summed E-state index contributed by atoms with van der Waals surface area (Å²) in [5, 5.41) is 2.59. The van der Waals surface area contributed by atoms with Gasteiger partial charge in [0.15, 0.2) is 0 Å². The SMILES string of the molecule is CCOc1ccc(C(=O)Nc2ccc(Br)cc2F)cc1COCC(C)C. The molecule has 0 unspecified atom stereocenters. The van der Waals surface area contributed by atoms with E-state index in [0.717, 1.165) is 5.56 Å². The molecule has 0 bridgehead atoms. The Kier molecular flexibility index (Phi) is 7.60. The predicted molar refractivity (Wildman–Crippen MR) is 104 cm³/mol. The first-order valence-corrected chi connectivity index (χ1v) is 9.29. The predicted octanol–water partition coefficient (Wildman–Crippen LogP) is 5.41. The van der Waals surface area contributed by atoms with Gasteiger partial charge >= 0.3 is 0 Å². The van der Waals surface area contributed by atoms with Crippen LogP contribution in [0.1, 0.15) is 36.7 Å². The van der Waals surface area contributed by atoms with Gasteiger partial charge in [0.05, 0.1) is 18.9 Å². The Labute approximate surface area is 161 Å². The summed E-state index contributed by atoms with van der Waals surface area (Å²) < 4.78 is 25.8. The van der Waals surface area contributed by atoms with Gasteiger partial charge in [-0.1, -0.05) is 29.8 Å². The topological polar surface area (TPSA) is 47.6 Å². The lowest BCUT2D eigenvalue weighted by atomic mass is 10.1. The fourth-order valence-corrected chi connectivity index (χ4v) is 2.65. The lowest BCUT2D eigenvalue weighted by molar-refractivity contribution is 0.0948. The second-order valence-corrected chi connectivity index (χ2v) is 7.16. The third kappa shape index (κ3) is 5.81. The Morgan fingerprint density at radius 2 is 2.00 bits per heavy atom. The molecule has 0 aliphatic carbocycles. The first-order valence-electron chi connectivity index (χ1n) is 8.50. The van der Waals surface area contributed by atoms with Crippen molar-refractivity contribution in [1.29, 1.82) is 0 Å². The van der Waals surface area contributed by atoms with Crippen molar-refractivity contribution in [2.45, 2.75) is 27.4 Å². The van der Waals surface area contributed by atoms with E-state index in [-0.39, 0.29) is 11.6 Å². The average Bonchev–Trinajstić information content (AvgIpc) is 2.58. The summed E-state index contributed by atoms with van der Waals surface area (Å²) in [7, 11) is 0. The molecule has 6 heteroatoms. The summed E-state index contributed by atoms with van der Waals surface area (Å²) in [6.07, 6.45) is 0. The van der Waals surface area contributed by atoms with Crippen molar-refractivity contribution in [3.05, 3.63) is 57.8 Å². The lowest BCUT2D eigenvalue weighted by Gasteiger charge is -2.14. The van der Waals surface area contributed by atoms with Crippen LogP contribution in [0.15, 0.2) is 40.9 Å². The maximum atomic E-state index is 13.9. The molecule has 0 saturated heterocycles. The van der Waals surface area contributed by atoms with Crippen LogP contribution in [-0.2, 0) is 11.3 Å². The minimum absolute atomic E-state index is 0.129. The number of halogens is 2. The monoisotopic (exact) mass is 423 g/mol. The van der Waals surface area contributed by atoms with Gasteiger partial charge in [0.25, 0.3) is 5.91 Å². The van der Waals surface area contributed by atoms with Gasteiger partial charge in [0, 0.05) is 22.2 Å². The highest BCUT2D eigenvalue weighted by atomic mass is 79.9. The second-order valence-electron chi connectivity index (χ2n) is 6.24. The molecule has 0 spiro atoms. The number of rotatable bonds is 8. The van der Waals surface area contributed by atoms with Gasteiger partial charge in [-0.3, -0.25) is 4.79 Å². The molecule has 26 heavy (non-hydrogen) atoms. The maximum absolute atomic E-state index is 13.9. The summed E-state index contributed by atoms with van der Waals surface area (Å²) >= 11 is 3.19. The van der Waals surface area contributed by atoms with E-state index in [4.69, 9.17) is 9.47 Å². The van der Waals surface area contributed by atoms with Crippen molar-refractivity contribution in [3.63, 3.8) is 0 Å². The molecular weight excluding hydrogens is 401 g/mol. The molecule has 0 aliphatic heterocycles. The van der Waals surface area contributed by atoms with Gasteiger partial charge in [0.1, 0.15) is 11.6 Å². The van der Waals surface area contributed by atoms with Crippen molar-refractivity contribution in [3.8, 4) is 5.75 Å². The van der Waals surface area contributed by atoms with Crippen molar-refractivity contribution in [2.24, 2.45) is 5.92 Å². The zero-order valence-corrected chi connectivity index (χ0v) is 16.7. The van der Waals surface area contributed by atoms with Gasteiger partial charge in [-0.25, -0.2) is 4.39 Å². The van der Waals surface area contributed by atoms with Gasteiger partial charge in [0.2, 0.25) is 0 Å². The number of anilines is 1. The minimum atomic E-state index is -0.501. The first-order chi connectivity index (χ1) is 12.4. The number of carbonyl (C=O) groups excluding carboxylic acids is 1. The lowest BCUT2D eigenvalue weighted by Crippen LogP contribution is -2.14. The summed E-state index contributed by atoms with van der Waals surface area (Å²) in [5.74, 6) is 0.207. The molecule has 4 nitrogen and oxygen atoms in total. The quantitative estimate of drug-likeness (QED) is 0.616. The highest BCUT2D eigenvalue weighted by molar-refractivity contribution is 9.10. The van der Waals surface area contributed by atoms with Gasteiger partial charge in [-0.05, 0) is 49.2 Å². The molecule has 0 atom stereocenters. The fourth-order valence-electron chi connectivity index (χ4n) is 2.32. The summed E-state index contributed by atoms with van der Waals surface area (Å²) in [4.78, 5) is 12.5. The average molecular weight is 424 g/mol. The Morgan fingerprint density at radius 3 is 2.65 bits per heavy atom. The second kappa shape index (κ2) is 9.69. The highest BCUT2D eigenvalue weighted by Crippen LogP contribution is 2.24. The number of hydrogen-bond donors (Lipinski definition) is 1. The molecule has 2 aromatic rings. The summed E-state index contributed by atoms with van der Waals surface area (Å²) in [6.45, 7) is 7.52. The molecule has 0 aromatic heterocycles. The molecule has 140 valence electrons. The molecule has 0 saturated carbocycles. The van der Waals surface area contributed by atoms with Gasteiger partial charge < -0.3 is 14.8 Å². The van der Waals surface area contributed by atoms with Crippen LogP contribution in [0.2, 0.25) is 0 Å². The van der Waals surface area contributed by atoms with Crippen molar-refractivity contribution in [1.82, 2.24) is 0 Å². The van der Waals surface area contributed by atoms with Crippen LogP contribution < -0.4 is 10.1 Å². The van der Waals surface area contributed by atoms with E-state index in [1.54, 1.807) is 24.3 Å². The van der Waals surface area contributed by atoms with Crippen LogP contribution >= 0.6 is 15.9 Å². The smallest absolute Gasteiger partial charge is 0.255 e. The molecule has 0 aliphatic rings. The van der Waals surface area contributed by atoms with E-state index >= 15 is 0 Å². The third-order valence-corrected chi connectivity index (χ3v) is 4.00. The molecule has 1 amide bonds. The standard InChI is InChI=1S/C20H23BrFNO3/c1-4-26-19-8-5-14(9-15(19)12-25-11-13(2)3)20(24)23-18-7-6-16(21)10-17(18)22/h5-10,13H,4,11-12H2,1-3H3,(H,23,24). The largest absolute Gasteiger partial charge is 0.494 e. The molecule has 2 rings (SSSR count). The van der Waals surface area contributed by atoms with Crippen LogP contribution in [0.5, 0.6) is 5.75 Å². The van der Waals surface area contributed by atoms with Crippen LogP contribution in [0.3, 0.4) is 0 Å². The normalized spacial score (nSPS) is 10.8. The van der Waals surface area contributed by atoms with E-state index < -0.39 is 5.82 Å². The number of carbonyl (C=O) groups is 1. The van der Waals surface area contributed by atoms with Gasteiger partial charge in [-0.2, -0.15) is 0 Å². The summed E-state index contributed by atoms with van der Waals surface area (Å²) in [6, 6.07) is 9.60. The Hall–Kier alpha value is -1.92. The van der Waals surface area contributed by atoms with E-state index in [0.29, 0.717) is 41.5 Å². The van der Waals surface area contributed by atoms with E-state index in [2.05, 4.69) is 35.1 Å². The fraction of sp³-hybridized carbons (Fsp3) is 0.350. The molecular formula is C20H23BrFNO3. The first kappa shape index (κ1) is 20.4. The van der Waals surface area contributed by atoms with Gasteiger partial charge in [-0.15, -0.1) is 0 Å². The van der Waals surface area contributed by atoms with Crippen molar-refractivity contribution < 1.29 is 18.7 Å². The van der Waals surface area contributed by atoms with Crippen molar-refractivity contribution in [2.75, 3.05) is 18.5 Å². The van der Waals surface area contributed by atoms with Crippen molar-refractivity contribution >= 4 is 27.5 Å². The van der Waals surface area contributed by atoms with E-state index in [1.807, 2.05) is 6.92 Å². The number of amides is 1. The molecule has 0 heterocycles. The summed E-state index contributed by atoms with van der Waals surface area (Å²) in [5.41, 5.74) is 1.33. The van der Waals surface area contributed by atoms with Crippen LogP contribution in [0, 0.1) is 11.7 Å².